The predicted octanol–water partition coefficient (Wildman–Crippen LogP) is -0.0521. The highest BCUT2D eigenvalue weighted by atomic mass is 127. The van der Waals surface area contributed by atoms with Crippen LogP contribution in [0.4, 0.5) is 0 Å². The first-order valence-corrected chi connectivity index (χ1v) is 3.69. The first-order chi connectivity index (χ1) is 4.61. The molecule has 0 bridgehead atoms. The molecule has 0 radical (unpaired) electrons. The van der Waals surface area contributed by atoms with Crippen molar-refractivity contribution in [1.29, 1.82) is 0 Å². The van der Waals surface area contributed by atoms with E-state index in [0.717, 1.165) is 0 Å². The number of nitrogens with zero attached hydrogens (tertiary/aromatic N) is 1. The lowest BCUT2D eigenvalue weighted by Crippen LogP contribution is -2.45. The molecule has 0 fully saturated rings. The monoisotopic (exact) mass is 254 g/mol. The first-order valence-electron chi connectivity index (χ1n) is 2.73. The van der Waals surface area contributed by atoms with Crippen LogP contribution in [0.3, 0.4) is 0 Å². The first kappa shape index (κ1) is 7.80. The van der Waals surface area contributed by atoms with E-state index in [0.29, 0.717) is 5.57 Å². The normalized spacial score (nSPS) is 25.9. The van der Waals surface area contributed by atoms with Crippen LogP contribution in [0.25, 0.3) is 0 Å². The van der Waals surface area contributed by atoms with Gasteiger partial charge in [0, 0.05) is 11.8 Å². The number of halogens is 1. The SMILES string of the molecule is CC1=CN(I)C(O)NC1=O. The van der Waals surface area contributed by atoms with Crippen molar-refractivity contribution in [3.63, 3.8) is 0 Å². The number of carbonyl (C=O) groups is 1. The third-order valence-corrected chi connectivity index (χ3v) is 1.98. The third-order valence-electron chi connectivity index (χ3n) is 1.17. The summed E-state index contributed by atoms with van der Waals surface area (Å²) in [5.41, 5.74) is 0.597. The smallest absolute Gasteiger partial charge is 0.251 e. The van der Waals surface area contributed by atoms with Crippen LogP contribution in [0, 0.1) is 0 Å². The predicted molar refractivity (Wildman–Crippen MR) is 43.8 cm³/mol. The van der Waals surface area contributed by atoms with Crippen molar-refractivity contribution in [2.75, 3.05) is 0 Å². The van der Waals surface area contributed by atoms with Crippen molar-refractivity contribution in [1.82, 2.24) is 8.43 Å². The molecule has 0 aliphatic carbocycles. The highest BCUT2D eigenvalue weighted by Gasteiger charge is 2.19. The average Bonchev–Trinajstić information content (AvgIpc) is 1.84. The van der Waals surface area contributed by atoms with Gasteiger partial charge in [0.25, 0.3) is 5.91 Å². The second-order valence-corrected chi connectivity index (χ2v) is 3.12. The summed E-state index contributed by atoms with van der Waals surface area (Å²) in [7, 11) is 0. The number of hydrogen-bond acceptors (Lipinski definition) is 3. The maximum atomic E-state index is 10.8. The van der Waals surface area contributed by atoms with Gasteiger partial charge in [0.15, 0.2) is 0 Å². The van der Waals surface area contributed by atoms with Gasteiger partial charge in [-0.15, -0.1) is 0 Å². The van der Waals surface area contributed by atoms with Crippen LogP contribution in [-0.4, -0.2) is 20.5 Å². The van der Waals surface area contributed by atoms with Crippen LogP contribution in [0.2, 0.25) is 0 Å². The topological polar surface area (TPSA) is 52.6 Å². The van der Waals surface area contributed by atoms with Crippen LogP contribution in [0.15, 0.2) is 11.8 Å². The Bertz CT molecular complexity index is 192. The van der Waals surface area contributed by atoms with Gasteiger partial charge in [-0.25, -0.2) is 0 Å². The van der Waals surface area contributed by atoms with E-state index in [1.54, 1.807) is 13.1 Å². The molecule has 5 heteroatoms. The molecule has 4 nitrogen and oxygen atoms in total. The fourth-order valence-electron chi connectivity index (χ4n) is 0.607. The Labute approximate surface area is 72.4 Å². The Balaban J connectivity index is 2.79. The number of aliphatic hydroxyl groups is 1. The van der Waals surface area contributed by atoms with Gasteiger partial charge in [-0.1, -0.05) is 0 Å². The molecule has 1 unspecified atom stereocenters. The molecule has 1 atom stereocenters. The van der Waals surface area contributed by atoms with E-state index >= 15 is 0 Å². The van der Waals surface area contributed by atoms with Gasteiger partial charge in [-0.2, -0.15) is 0 Å². The fourth-order valence-corrected chi connectivity index (χ4v) is 1.16. The number of amides is 1. The molecule has 0 spiro atoms. The quantitative estimate of drug-likeness (QED) is 0.470. The molecule has 0 aromatic heterocycles. The van der Waals surface area contributed by atoms with Gasteiger partial charge in [-0.3, -0.25) is 7.91 Å². The van der Waals surface area contributed by atoms with Crippen molar-refractivity contribution >= 4 is 28.8 Å². The molecule has 0 saturated heterocycles. The lowest BCUT2D eigenvalue weighted by Gasteiger charge is -2.25. The highest BCUT2D eigenvalue weighted by Crippen LogP contribution is 2.11. The van der Waals surface area contributed by atoms with Crippen LogP contribution >= 0.6 is 22.9 Å². The molecule has 1 heterocycles. The number of aliphatic hydroxyl groups excluding tert-OH is 1. The van der Waals surface area contributed by atoms with Gasteiger partial charge in [0.2, 0.25) is 6.35 Å². The maximum absolute atomic E-state index is 10.8. The number of hydrogen-bond donors (Lipinski definition) is 2. The molecule has 10 heavy (non-hydrogen) atoms. The standard InChI is InChI=1S/C5H7IN2O2/c1-3-2-8(6)5(10)7-4(3)9/h2,5,10H,1H3,(H,7,9). The Hall–Kier alpha value is -0.300. The highest BCUT2D eigenvalue weighted by molar-refractivity contribution is 14.1. The summed E-state index contributed by atoms with van der Waals surface area (Å²) in [6, 6.07) is 0. The molecule has 0 saturated carbocycles. The Morgan fingerprint density at radius 3 is 3.00 bits per heavy atom. The molecule has 1 rings (SSSR count). The summed E-state index contributed by atoms with van der Waals surface area (Å²) in [6.45, 7) is 1.69. The Morgan fingerprint density at radius 2 is 2.50 bits per heavy atom. The van der Waals surface area contributed by atoms with Crippen molar-refractivity contribution in [2.45, 2.75) is 13.3 Å². The number of carbonyl (C=O) groups excluding carboxylic acids is 1. The van der Waals surface area contributed by atoms with Crippen molar-refractivity contribution in [2.24, 2.45) is 0 Å². The minimum atomic E-state index is -0.892. The summed E-state index contributed by atoms with van der Waals surface area (Å²) < 4.78 is 1.49. The molecule has 1 aliphatic rings. The molecular formula is C5H7IN2O2. The van der Waals surface area contributed by atoms with Gasteiger partial charge in [-0.05, 0) is 6.92 Å². The molecule has 56 valence electrons. The zero-order chi connectivity index (χ0) is 7.72. The summed E-state index contributed by atoms with van der Waals surface area (Å²) >= 11 is 1.90. The van der Waals surface area contributed by atoms with E-state index in [-0.39, 0.29) is 5.91 Å². The second kappa shape index (κ2) is 2.75. The molecule has 1 amide bonds. The largest absolute Gasteiger partial charge is 0.356 e. The maximum Gasteiger partial charge on any atom is 0.251 e. The zero-order valence-corrected chi connectivity index (χ0v) is 7.49. The minimum absolute atomic E-state index is 0.222. The van der Waals surface area contributed by atoms with Crippen LogP contribution in [0.1, 0.15) is 6.92 Å². The van der Waals surface area contributed by atoms with Gasteiger partial charge < -0.3 is 10.4 Å². The van der Waals surface area contributed by atoms with E-state index in [4.69, 9.17) is 5.11 Å². The lowest BCUT2D eigenvalue weighted by molar-refractivity contribution is -0.123. The number of rotatable bonds is 0. The van der Waals surface area contributed by atoms with Crippen LogP contribution in [0.5, 0.6) is 0 Å². The minimum Gasteiger partial charge on any atom is -0.356 e. The Kier molecular flexibility index (Phi) is 2.14. The van der Waals surface area contributed by atoms with E-state index < -0.39 is 6.35 Å². The fraction of sp³-hybridized carbons (Fsp3) is 0.400. The van der Waals surface area contributed by atoms with Crippen LogP contribution < -0.4 is 5.32 Å². The van der Waals surface area contributed by atoms with Gasteiger partial charge >= 0.3 is 0 Å². The molecular weight excluding hydrogens is 247 g/mol. The summed E-state index contributed by atoms with van der Waals surface area (Å²) in [5.74, 6) is -0.222. The summed E-state index contributed by atoms with van der Waals surface area (Å²) in [4.78, 5) is 10.8. The van der Waals surface area contributed by atoms with Crippen molar-refractivity contribution < 1.29 is 9.90 Å². The summed E-state index contributed by atoms with van der Waals surface area (Å²) in [5, 5.41) is 11.4. The van der Waals surface area contributed by atoms with Gasteiger partial charge in [0.1, 0.15) is 0 Å². The third kappa shape index (κ3) is 1.40. The van der Waals surface area contributed by atoms with Crippen molar-refractivity contribution in [3.8, 4) is 0 Å². The van der Waals surface area contributed by atoms with E-state index in [2.05, 4.69) is 5.32 Å². The average molecular weight is 254 g/mol. The van der Waals surface area contributed by atoms with Gasteiger partial charge in [0.05, 0.1) is 22.9 Å². The Morgan fingerprint density at radius 1 is 1.90 bits per heavy atom. The zero-order valence-electron chi connectivity index (χ0n) is 5.34. The van der Waals surface area contributed by atoms with Crippen LogP contribution in [-0.2, 0) is 4.79 Å². The molecule has 1 aliphatic heterocycles. The second-order valence-electron chi connectivity index (χ2n) is 2.00. The van der Waals surface area contributed by atoms with E-state index in [9.17, 15) is 4.79 Å². The molecule has 0 aromatic carbocycles. The van der Waals surface area contributed by atoms with Crippen molar-refractivity contribution in [3.05, 3.63) is 11.8 Å². The van der Waals surface area contributed by atoms with E-state index in [1.807, 2.05) is 22.9 Å². The van der Waals surface area contributed by atoms with E-state index in [1.165, 1.54) is 3.11 Å². The molecule has 2 N–H and O–H groups in total. The molecule has 0 aromatic rings. The summed E-state index contributed by atoms with van der Waals surface area (Å²) in [6.07, 6.45) is 0.696. The number of nitrogens with one attached hydrogen (secondary N) is 1. The lowest BCUT2D eigenvalue weighted by atomic mass is 10.3.